The summed E-state index contributed by atoms with van der Waals surface area (Å²) in [5.74, 6) is -0.577. The summed E-state index contributed by atoms with van der Waals surface area (Å²) < 4.78 is 29.8. The number of benzene rings is 2. The lowest BCUT2D eigenvalue weighted by molar-refractivity contribution is 0.0671. The smallest absolute Gasteiger partial charge is 0.290 e. The maximum atomic E-state index is 13.4. The lowest BCUT2D eigenvalue weighted by Gasteiger charge is -2.28. The SMILES string of the molecule is CCN(C(=O)c1oc2ccccc2c1CS(C)(=O)=O)C(C)c1ccc(C#N)cc1. The van der Waals surface area contributed by atoms with Crippen molar-refractivity contribution in [3.05, 3.63) is 71.0 Å². The Morgan fingerprint density at radius 2 is 1.83 bits per heavy atom. The summed E-state index contributed by atoms with van der Waals surface area (Å²) in [7, 11) is -3.37. The van der Waals surface area contributed by atoms with Crippen molar-refractivity contribution in [2.45, 2.75) is 25.6 Å². The van der Waals surface area contributed by atoms with Crippen molar-refractivity contribution >= 4 is 26.7 Å². The molecule has 0 saturated heterocycles. The molecule has 0 saturated carbocycles. The summed E-state index contributed by atoms with van der Waals surface area (Å²) in [5, 5.41) is 9.60. The molecule has 29 heavy (non-hydrogen) atoms. The minimum absolute atomic E-state index is 0.0546. The van der Waals surface area contributed by atoms with E-state index in [9.17, 15) is 13.2 Å². The summed E-state index contributed by atoms with van der Waals surface area (Å²) in [4.78, 5) is 15.0. The molecular weight excluding hydrogens is 388 g/mol. The molecule has 2 aromatic carbocycles. The van der Waals surface area contributed by atoms with Crippen LogP contribution in [0.2, 0.25) is 0 Å². The van der Waals surface area contributed by atoms with Gasteiger partial charge in [-0.15, -0.1) is 0 Å². The van der Waals surface area contributed by atoms with Crippen LogP contribution >= 0.6 is 0 Å². The van der Waals surface area contributed by atoms with E-state index in [4.69, 9.17) is 9.68 Å². The van der Waals surface area contributed by atoms with Crippen LogP contribution in [0, 0.1) is 11.3 Å². The summed E-state index contributed by atoms with van der Waals surface area (Å²) >= 11 is 0. The first-order valence-corrected chi connectivity index (χ1v) is 11.3. The molecule has 1 aromatic heterocycles. The fourth-order valence-electron chi connectivity index (χ4n) is 3.42. The Hall–Kier alpha value is -3.11. The van der Waals surface area contributed by atoms with Gasteiger partial charge in [0.2, 0.25) is 0 Å². The summed E-state index contributed by atoms with van der Waals surface area (Å²) in [6.07, 6.45) is 1.14. The number of carbonyl (C=O) groups excluding carboxylic acids is 1. The van der Waals surface area contributed by atoms with Crippen molar-refractivity contribution in [2.75, 3.05) is 12.8 Å². The number of furan rings is 1. The van der Waals surface area contributed by atoms with Gasteiger partial charge in [-0.2, -0.15) is 5.26 Å². The molecule has 7 heteroatoms. The molecule has 0 fully saturated rings. The minimum Gasteiger partial charge on any atom is -0.451 e. The molecule has 0 spiro atoms. The third-order valence-electron chi connectivity index (χ3n) is 4.89. The van der Waals surface area contributed by atoms with E-state index in [0.717, 1.165) is 11.8 Å². The number of sulfone groups is 1. The number of hydrogen-bond donors (Lipinski definition) is 0. The first-order chi connectivity index (χ1) is 13.7. The highest BCUT2D eigenvalue weighted by atomic mass is 32.2. The third-order valence-corrected chi connectivity index (χ3v) is 5.70. The number of nitrogens with zero attached hydrogens (tertiary/aromatic N) is 2. The average molecular weight is 410 g/mol. The number of hydrogen-bond acceptors (Lipinski definition) is 5. The van der Waals surface area contributed by atoms with E-state index in [1.165, 1.54) is 0 Å². The van der Waals surface area contributed by atoms with Gasteiger partial charge in [0.1, 0.15) is 5.58 Å². The Bertz CT molecular complexity index is 1190. The molecule has 3 aromatic rings. The highest BCUT2D eigenvalue weighted by molar-refractivity contribution is 7.89. The van der Waals surface area contributed by atoms with Crippen LogP contribution in [0.4, 0.5) is 0 Å². The molecule has 6 nitrogen and oxygen atoms in total. The highest BCUT2D eigenvalue weighted by Crippen LogP contribution is 2.31. The Morgan fingerprint density at radius 3 is 2.41 bits per heavy atom. The predicted molar refractivity (Wildman–Crippen MR) is 111 cm³/mol. The van der Waals surface area contributed by atoms with Gasteiger partial charge < -0.3 is 9.32 Å². The lowest BCUT2D eigenvalue weighted by Crippen LogP contribution is -2.33. The highest BCUT2D eigenvalue weighted by Gasteiger charge is 2.29. The second kappa shape index (κ2) is 8.10. The van der Waals surface area contributed by atoms with E-state index in [1.54, 1.807) is 41.3 Å². The molecule has 1 heterocycles. The van der Waals surface area contributed by atoms with Gasteiger partial charge in [0.15, 0.2) is 15.6 Å². The molecule has 1 unspecified atom stereocenters. The van der Waals surface area contributed by atoms with Crippen molar-refractivity contribution in [3.8, 4) is 6.07 Å². The first kappa shape index (κ1) is 20.6. The Kier molecular flexibility index (Phi) is 5.76. The van der Waals surface area contributed by atoms with Crippen LogP contribution in [0.3, 0.4) is 0 Å². The van der Waals surface area contributed by atoms with Crippen molar-refractivity contribution in [3.63, 3.8) is 0 Å². The van der Waals surface area contributed by atoms with Crippen molar-refractivity contribution in [1.82, 2.24) is 4.90 Å². The standard InChI is InChI=1S/C22H22N2O4S/c1-4-24(15(2)17-11-9-16(13-23)10-12-17)22(25)21-19(14-29(3,26)27)18-7-5-6-8-20(18)28-21/h5-12,15H,4,14H2,1-3H3. The third kappa shape index (κ3) is 4.33. The largest absolute Gasteiger partial charge is 0.451 e. The summed E-state index contributed by atoms with van der Waals surface area (Å²) in [6, 6.07) is 15.9. The number of amides is 1. The van der Waals surface area contributed by atoms with E-state index in [-0.39, 0.29) is 23.5 Å². The molecule has 0 N–H and O–H groups in total. The summed E-state index contributed by atoms with van der Waals surface area (Å²) in [5.41, 5.74) is 2.29. The van der Waals surface area contributed by atoms with Gasteiger partial charge in [0.25, 0.3) is 5.91 Å². The van der Waals surface area contributed by atoms with E-state index in [1.807, 2.05) is 26.0 Å². The van der Waals surface area contributed by atoms with E-state index >= 15 is 0 Å². The number of carbonyl (C=O) groups is 1. The maximum absolute atomic E-state index is 13.4. The van der Waals surface area contributed by atoms with Crippen LogP contribution in [-0.4, -0.2) is 32.0 Å². The maximum Gasteiger partial charge on any atom is 0.290 e. The number of para-hydroxylation sites is 1. The zero-order valence-electron chi connectivity index (χ0n) is 16.5. The normalized spacial score (nSPS) is 12.5. The number of nitriles is 1. The van der Waals surface area contributed by atoms with Gasteiger partial charge in [0, 0.05) is 23.8 Å². The predicted octanol–water partition coefficient (Wildman–Crippen LogP) is 4.07. The molecule has 0 aliphatic carbocycles. The van der Waals surface area contributed by atoms with Gasteiger partial charge in [-0.25, -0.2) is 8.42 Å². The summed E-state index contributed by atoms with van der Waals surface area (Å²) in [6.45, 7) is 4.16. The quantitative estimate of drug-likeness (QED) is 0.611. The Labute approximate surface area is 170 Å². The molecule has 0 bridgehead atoms. The Morgan fingerprint density at radius 1 is 1.17 bits per heavy atom. The monoisotopic (exact) mass is 410 g/mol. The molecule has 0 radical (unpaired) electrons. The minimum atomic E-state index is -3.37. The molecule has 3 rings (SSSR count). The van der Waals surface area contributed by atoms with Crippen molar-refractivity contribution < 1.29 is 17.6 Å². The average Bonchev–Trinajstić information content (AvgIpc) is 3.05. The van der Waals surface area contributed by atoms with Crippen LogP contribution in [-0.2, 0) is 15.6 Å². The van der Waals surface area contributed by atoms with E-state index < -0.39 is 9.84 Å². The van der Waals surface area contributed by atoms with E-state index in [0.29, 0.717) is 28.6 Å². The van der Waals surface area contributed by atoms with Crippen LogP contribution in [0.25, 0.3) is 11.0 Å². The molecular formula is C22H22N2O4S. The molecule has 150 valence electrons. The van der Waals surface area contributed by atoms with Crippen molar-refractivity contribution in [2.24, 2.45) is 0 Å². The fourth-order valence-corrected chi connectivity index (χ4v) is 4.23. The lowest BCUT2D eigenvalue weighted by atomic mass is 10.0. The number of fused-ring (bicyclic) bond motifs is 1. The number of rotatable bonds is 6. The van der Waals surface area contributed by atoms with Crippen molar-refractivity contribution in [1.29, 1.82) is 5.26 Å². The van der Waals surface area contributed by atoms with Crippen LogP contribution < -0.4 is 0 Å². The Balaban J connectivity index is 2.04. The molecule has 1 amide bonds. The first-order valence-electron chi connectivity index (χ1n) is 9.24. The van der Waals surface area contributed by atoms with Gasteiger partial charge in [-0.3, -0.25) is 4.79 Å². The topological polar surface area (TPSA) is 91.4 Å². The van der Waals surface area contributed by atoms with Crippen LogP contribution in [0.1, 0.15) is 47.1 Å². The van der Waals surface area contributed by atoms with Gasteiger partial charge >= 0.3 is 0 Å². The zero-order valence-corrected chi connectivity index (χ0v) is 17.4. The van der Waals surface area contributed by atoms with Gasteiger partial charge in [-0.1, -0.05) is 30.3 Å². The van der Waals surface area contributed by atoms with E-state index in [2.05, 4.69) is 6.07 Å². The second-order valence-electron chi connectivity index (χ2n) is 6.98. The zero-order chi connectivity index (χ0) is 21.2. The fraction of sp³-hybridized carbons (Fsp3) is 0.273. The second-order valence-corrected chi connectivity index (χ2v) is 9.12. The van der Waals surface area contributed by atoms with Gasteiger partial charge in [0.05, 0.1) is 23.4 Å². The molecule has 1 atom stereocenters. The molecule has 0 aliphatic rings. The van der Waals surface area contributed by atoms with Crippen LogP contribution in [0.5, 0.6) is 0 Å². The molecule has 0 aliphatic heterocycles. The van der Waals surface area contributed by atoms with Crippen LogP contribution in [0.15, 0.2) is 52.9 Å². The van der Waals surface area contributed by atoms with Gasteiger partial charge in [-0.05, 0) is 37.6 Å².